The average molecular weight is 204 g/mol. The summed E-state index contributed by atoms with van der Waals surface area (Å²) in [5.41, 5.74) is 3.18. The Bertz CT molecular complexity index is 361. The predicted octanol–water partition coefficient (Wildman–Crippen LogP) is 3.84. The molecule has 0 radical (unpaired) electrons. The van der Waals surface area contributed by atoms with Gasteiger partial charge < -0.3 is 0 Å². The van der Waals surface area contributed by atoms with Crippen LogP contribution in [0.15, 0.2) is 23.2 Å². The molecule has 0 fully saturated rings. The molecule has 0 saturated carbocycles. The summed E-state index contributed by atoms with van der Waals surface area (Å²) in [6, 6.07) is 6.14. The largest absolute Gasteiger partial charge is 0.472 e. The van der Waals surface area contributed by atoms with Gasteiger partial charge in [-0.1, -0.05) is 45.9 Å². The topological polar surface area (TPSA) is 33.8 Å². The number of hydrogen-bond donors (Lipinski definition) is 0. The van der Waals surface area contributed by atoms with Gasteiger partial charge in [0.1, 0.15) is 0 Å². The van der Waals surface area contributed by atoms with Gasteiger partial charge in [-0.25, -0.2) is 4.79 Å². The molecule has 0 aliphatic heterocycles. The zero-order valence-corrected chi connectivity index (χ0v) is 9.78. The van der Waals surface area contributed by atoms with Crippen LogP contribution in [0, 0.1) is 0 Å². The molecule has 0 saturated heterocycles. The molecule has 1 rings (SSSR count). The summed E-state index contributed by atoms with van der Waals surface area (Å²) in [5.74, 6) is 0.798. The molecule has 2 nitrogen and oxygen atoms in total. The van der Waals surface area contributed by atoms with E-state index in [1.807, 2.05) is 24.3 Å². The minimum absolute atomic E-state index is 0.399. The van der Waals surface area contributed by atoms with Crippen LogP contribution in [0.1, 0.15) is 50.7 Å². The molecule has 2 heteroatoms. The number of hydrogen-bond acceptors (Lipinski definition) is 1. The Balaban J connectivity index is 3.41. The van der Waals surface area contributed by atoms with Gasteiger partial charge in [-0.15, -0.1) is 4.99 Å². The Hall–Kier alpha value is -1.40. The summed E-state index contributed by atoms with van der Waals surface area (Å²) in [6.45, 7) is 8.48. The maximum Gasteiger partial charge on any atom is 0.472 e. The zero-order chi connectivity index (χ0) is 11.4. The first-order valence-corrected chi connectivity index (χ1v) is 5.30. The second kappa shape index (κ2) is 4.90. The molecule has 0 aromatic heterocycles. The van der Waals surface area contributed by atoms with Gasteiger partial charge in [0, 0.05) is 0 Å². The summed E-state index contributed by atoms with van der Waals surface area (Å²) >= 11 is 0. The van der Waals surface area contributed by atoms with Gasteiger partial charge in [-0.05, 0) is 23.0 Å². The van der Waals surface area contributed by atoms with E-state index in [0.29, 0.717) is 11.8 Å². The fourth-order valence-corrected chi connectivity index (χ4v) is 1.69. The molecule has 0 spiro atoms. The third-order valence-corrected chi connectivity index (χ3v) is 2.50. The van der Waals surface area contributed by atoms with Crippen LogP contribution in [0.25, 0.3) is 0 Å². The van der Waals surface area contributed by atoms with Crippen molar-refractivity contribution in [3.63, 3.8) is 0 Å². The Kier molecular flexibility index (Phi) is 3.81. The lowest BCUT2D eigenvalue weighted by atomic mass is 9.93. The van der Waals surface area contributed by atoms with Gasteiger partial charge in [0.15, 0.2) is 0 Å². The minimum atomic E-state index is 0.399. The van der Waals surface area contributed by atoms with E-state index in [4.69, 9.17) is 4.79 Å². The van der Waals surface area contributed by atoms with Gasteiger partial charge >= 0.3 is 6.08 Å². The van der Waals surface area contributed by atoms with Crippen molar-refractivity contribution in [1.82, 2.24) is 0 Å². The van der Waals surface area contributed by atoms with Crippen LogP contribution in [0.5, 0.6) is 0 Å². The highest BCUT2D eigenvalue weighted by Gasteiger charge is 2.13. The molecule has 0 heterocycles. The van der Waals surface area contributed by atoms with Crippen molar-refractivity contribution in [3.05, 3.63) is 29.3 Å². The maximum absolute atomic E-state index is 8.72. The molecule has 1 aromatic carbocycles. The second-order valence-corrected chi connectivity index (χ2v) is 4.31. The molecule has 0 unspecified atom stereocenters. The lowest BCUT2D eigenvalue weighted by Gasteiger charge is -2.14. The number of rotatable bonds is 3. The Morgan fingerprint density at radius 1 is 1.07 bits per heavy atom. The van der Waals surface area contributed by atoms with E-state index in [0.717, 1.165) is 16.8 Å². The van der Waals surface area contributed by atoms with Crippen LogP contribution in [0.3, 0.4) is 0 Å². The number of carbonyl (C=O) groups excluding carboxylic acids is 1. The number of aliphatic imine (C=N–C) groups is 1. The van der Waals surface area contributed by atoms with E-state index in [1.54, 1.807) is 0 Å². The first-order chi connectivity index (χ1) is 7.07. The highest BCUT2D eigenvalue weighted by molar-refractivity contribution is 5.60. The number of isocyanates is 1. The van der Waals surface area contributed by atoms with E-state index in [2.05, 4.69) is 32.7 Å². The van der Waals surface area contributed by atoms with Gasteiger partial charge in [0.2, 0.25) is 0 Å². The third-order valence-electron chi connectivity index (χ3n) is 2.50. The van der Waals surface area contributed by atoms with Crippen LogP contribution in [-0.4, -0.2) is 10.9 Å². The molecule has 0 aliphatic carbocycles. The molecule has 1 aromatic rings. The van der Waals surface area contributed by atoms with E-state index >= 15 is 0 Å². The molecule has 0 bridgehead atoms. The number of nitrogens with zero attached hydrogens (tertiary/aromatic N) is 1. The van der Waals surface area contributed by atoms with Crippen molar-refractivity contribution in [1.29, 1.82) is 0 Å². The minimum Gasteiger partial charge on any atom is -0.206 e. The lowest BCUT2D eigenvalue weighted by molar-refractivity contribution is 0.697. The fraction of sp³-hybridized carbons (Fsp3) is 0.462. The van der Waals surface area contributed by atoms with Crippen molar-refractivity contribution >= 4 is 11.8 Å². The summed E-state index contributed by atoms with van der Waals surface area (Å²) < 4.78 is 0. The van der Waals surface area contributed by atoms with Crippen molar-refractivity contribution in [2.75, 3.05) is 0 Å². The predicted molar refractivity (Wildman–Crippen MR) is 63.7 cm³/mol. The van der Waals surface area contributed by atoms with Crippen molar-refractivity contribution < 1.29 is 4.79 Å². The molecular weight excluding hydrogens is 186 g/mol. The Morgan fingerprint density at radius 2 is 1.53 bits per heavy atom. The highest BCUT2D eigenvalue weighted by Crippen LogP contribution is 2.34. The SMILES string of the molecule is CC(C)c1cccc(C(C)C)c1N=C=[OH+]. The number of para-hydroxylation sites is 1. The van der Waals surface area contributed by atoms with Crippen LogP contribution in [-0.2, 0) is 0 Å². The highest BCUT2D eigenvalue weighted by atomic mass is 16.1. The van der Waals surface area contributed by atoms with Crippen molar-refractivity contribution in [2.45, 2.75) is 39.5 Å². The van der Waals surface area contributed by atoms with E-state index in [1.165, 1.54) is 0 Å². The second-order valence-electron chi connectivity index (χ2n) is 4.31. The quantitative estimate of drug-likeness (QED) is 0.407. The van der Waals surface area contributed by atoms with E-state index < -0.39 is 0 Å². The van der Waals surface area contributed by atoms with Crippen molar-refractivity contribution in [2.24, 2.45) is 4.99 Å². The lowest BCUT2D eigenvalue weighted by Crippen LogP contribution is -1.94. The summed E-state index contributed by atoms with van der Waals surface area (Å²) in [5, 5.41) is 0. The molecule has 0 amide bonds. The third kappa shape index (κ3) is 2.54. The zero-order valence-electron chi connectivity index (χ0n) is 9.78. The Morgan fingerprint density at radius 3 is 1.87 bits per heavy atom. The first-order valence-electron chi connectivity index (χ1n) is 5.30. The number of benzene rings is 1. The first kappa shape index (κ1) is 11.7. The van der Waals surface area contributed by atoms with Crippen LogP contribution in [0.4, 0.5) is 5.69 Å². The van der Waals surface area contributed by atoms with Gasteiger partial charge in [-0.3, -0.25) is 0 Å². The molecule has 0 atom stereocenters. The summed E-state index contributed by atoms with van der Waals surface area (Å²) in [7, 11) is 0. The molecule has 0 aliphatic rings. The summed E-state index contributed by atoms with van der Waals surface area (Å²) in [4.78, 5) is 12.7. The summed E-state index contributed by atoms with van der Waals surface area (Å²) in [6.07, 6.45) is 1.90. The van der Waals surface area contributed by atoms with Crippen LogP contribution >= 0.6 is 0 Å². The molecular formula is C13H18NO+. The average Bonchev–Trinajstić information content (AvgIpc) is 2.17. The van der Waals surface area contributed by atoms with E-state index in [9.17, 15) is 0 Å². The molecule has 80 valence electrons. The van der Waals surface area contributed by atoms with Crippen molar-refractivity contribution in [3.8, 4) is 0 Å². The normalized spacial score (nSPS) is 10.5. The monoisotopic (exact) mass is 204 g/mol. The maximum atomic E-state index is 8.72. The standard InChI is InChI=1S/C13H17NO/c1-9(2)11-6-5-7-12(10(3)4)13(11)14-8-15/h5-7,9-10H,1-4H3/p+1. The van der Waals surface area contributed by atoms with Gasteiger partial charge in [-0.2, -0.15) is 0 Å². The Labute approximate surface area is 91.0 Å². The smallest absolute Gasteiger partial charge is 0.206 e. The van der Waals surface area contributed by atoms with Crippen LogP contribution < -0.4 is 0 Å². The fourth-order valence-electron chi connectivity index (χ4n) is 1.69. The van der Waals surface area contributed by atoms with Gasteiger partial charge in [0.25, 0.3) is 0 Å². The molecule has 15 heavy (non-hydrogen) atoms. The molecule has 1 N–H and O–H groups in total. The van der Waals surface area contributed by atoms with Crippen LogP contribution in [0.2, 0.25) is 0 Å². The van der Waals surface area contributed by atoms with Gasteiger partial charge in [0.05, 0.1) is 5.69 Å². The van der Waals surface area contributed by atoms with E-state index in [-0.39, 0.29) is 0 Å².